The Kier molecular flexibility index (Phi) is 18.6. The van der Waals surface area contributed by atoms with Gasteiger partial charge in [-0.2, -0.15) is 0 Å². The SMILES string of the molecule is CC(C)C[C@H](NC(=O)[C@@H](O)[C@@H](Cc1ccccc1)NC(=O)OCC1c2ccccc2-c2ccccc21)C(=O)OCCOCCOCCOCCN.Cl. The van der Waals surface area contributed by atoms with Crippen molar-refractivity contribution in [3.8, 4) is 11.1 Å². The molecule has 1 aliphatic rings. The summed E-state index contributed by atoms with van der Waals surface area (Å²) in [5, 5.41) is 16.6. The molecule has 0 unspecified atom stereocenters. The summed E-state index contributed by atoms with van der Waals surface area (Å²) < 4.78 is 27.2. The number of carbonyl (C=O) groups is 3. The number of ether oxygens (including phenoxy) is 5. The molecule has 3 aromatic carbocycles. The second kappa shape index (κ2) is 22.8. The third kappa shape index (κ3) is 13.2. The van der Waals surface area contributed by atoms with Crippen molar-refractivity contribution in [1.29, 1.82) is 0 Å². The predicted molar refractivity (Wildman–Crippen MR) is 199 cm³/mol. The van der Waals surface area contributed by atoms with Crippen molar-refractivity contribution in [2.45, 2.75) is 50.8 Å². The van der Waals surface area contributed by atoms with Crippen LogP contribution in [0.3, 0.4) is 0 Å². The largest absolute Gasteiger partial charge is 0.462 e. The van der Waals surface area contributed by atoms with Crippen LogP contribution < -0.4 is 16.4 Å². The summed E-state index contributed by atoms with van der Waals surface area (Å²) in [7, 11) is 0. The molecule has 52 heavy (non-hydrogen) atoms. The van der Waals surface area contributed by atoms with Gasteiger partial charge >= 0.3 is 12.1 Å². The first-order valence-electron chi connectivity index (χ1n) is 17.5. The van der Waals surface area contributed by atoms with E-state index in [-0.39, 0.29) is 56.9 Å². The highest BCUT2D eigenvalue weighted by Crippen LogP contribution is 2.44. The fourth-order valence-corrected chi connectivity index (χ4v) is 5.95. The van der Waals surface area contributed by atoms with Crippen LogP contribution in [-0.4, -0.2) is 101 Å². The van der Waals surface area contributed by atoms with Gasteiger partial charge in [-0.25, -0.2) is 9.59 Å². The maximum atomic E-state index is 13.4. The summed E-state index contributed by atoms with van der Waals surface area (Å²) in [5.41, 5.74) is 10.5. The van der Waals surface area contributed by atoms with Gasteiger partial charge in [-0.15, -0.1) is 12.4 Å². The monoisotopic (exact) mass is 741 g/mol. The van der Waals surface area contributed by atoms with Crippen LogP contribution in [0, 0.1) is 5.92 Å². The number of esters is 1. The van der Waals surface area contributed by atoms with E-state index < -0.39 is 36.2 Å². The molecule has 0 bridgehead atoms. The van der Waals surface area contributed by atoms with Gasteiger partial charge in [0.15, 0.2) is 6.10 Å². The number of benzene rings is 3. The van der Waals surface area contributed by atoms with Gasteiger partial charge in [0.05, 0.1) is 45.7 Å². The number of aliphatic hydroxyl groups excluding tert-OH is 1. The number of carbonyl (C=O) groups excluding carboxylic acids is 3. The minimum atomic E-state index is -1.70. The maximum Gasteiger partial charge on any atom is 0.407 e. The van der Waals surface area contributed by atoms with E-state index in [1.165, 1.54) is 0 Å². The Hall–Kier alpha value is -4.04. The lowest BCUT2D eigenvalue weighted by Crippen LogP contribution is -2.55. The van der Waals surface area contributed by atoms with Gasteiger partial charge in [-0.3, -0.25) is 4.79 Å². The Bertz CT molecular complexity index is 1480. The molecule has 3 atom stereocenters. The predicted octanol–water partition coefficient (Wildman–Crippen LogP) is 4.00. The minimum Gasteiger partial charge on any atom is -0.462 e. The lowest BCUT2D eigenvalue weighted by molar-refractivity contribution is -0.151. The topological polar surface area (TPSA) is 168 Å². The number of alkyl carbamates (subject to hydrolysis) is 1. The molecule has 0 radical (unpaired) electrons. The number of amides is 2. The molecule has 0 aliphatic heterocycles. The molecule has 0 spiro atoms. The lowest BCUT2D eigenvalue weighted by atomic mass is 9.98. The second-order valence-corrected chi connectivity index (χ2v) is 12.7. The molecule has 12 nitrogen and oxygen atoms in total. The van der Waals surface area contributed by atoms with Gasteiger partial charge in [0, 0.05) is 12.5 Å². The molecule has 5 N–H and O–H groups in total. The fraction of sp³-hybridized carbons (Fsp3) is 0.462. The van der Waals surface area contributed by atoms with Crippen molar-refractivity contribution >= 4 is 30.4 Å². The van der Waals surface area contributed by atoms with Gasteiger partial charge in [0.2, 0.25) is 0 Å². The molecule has 284 valence electrons. The van der Waals surface area contributed by atoms with E-state index in [4.69, 9.17) is 29.4 Å². The van der Waals surface area contributed by atoms with Gasteiger partial charge in [-0.1, -0.05) is 92.7 Å². The van der Waals surface area contributed by atoms with Gasteiger partial charge in [-0.05, 0) is 46.6 Å². The molecule has 0 saturated heterocycles. The van der Waals surface area contributed by atoms with E-state index in [2.05, 4.69) is 22.8 Å². The summed E-state index contributed by atoms with van der Waals surface area (Å²) in [6.07, 6.45) is -2.05. The number of hydrogen-bond donors (Lipinski definition) is 4. The molecular weight excluding hydrogens is 690 g/mol. The Labute approximate surface area is 312 Å². The summed E-state index contributed by atoms with van der Waals surface area (Å²) in [6, 6.07) is 23.1. The minimum absolute atomic E-state index is 0. The quantitative estimate of drug-likeness (QED) is 0.0873. The number of aliphatic hydroxyl groups is 1. The first-order chi connectivity index (χ1) is 24.8. The number of nitrogens with one attached hydrogen (secondary N) is 2. The normalized spacial score (nSPS) is 13.6. The van der Waals surface area contributed by atoms with Crippen LogP contribution in [0.1, 0.15) is 42.9 Å². The highest BCUT2D eigenvalue weighted by molar-refractivity contribution is 5.88. The maximum absolute atomic E-state index is 13.4. The zero-order chi connectivity index (χ0) is 36.4. The van der Waals surface area contributed by atoms with Gasteiger partial charge < -0.3 is 45.2 Å². The molecule has 1 aliphatic carbocycles. The Balaban J connectivity index is 0.00000729. The average Bonchev–Trinajstić information content (AvgIpc) is 3.45. The van der Waals surface area contributed by atoms with Gasteiger partial charge in [0.25, 0.3) is 5.91 Å². The molecule has 3 aromatic rings. The molecule has 0 aromatic heterocycles. The molecule has 2 amide bonds. The van der Waals surface area contributed by atoms with E-state index in [9.17, 15) is 19.5 Å². The van der Waals surface area contributed by atoms with Crippen LogP contribution >= 0.6 is 12.4 Å². The van der Waals surface area contributed by atoms with Crippen LogP contribution in [-0.2, 0) is 39.7 Å². The third-order valence-electron chi connectivity index (χ3n) is 8.38. The number of nitrogens with two attached hydrogens (primary N) is 1. The molecular formula is C39H52ClN3O9. The van der Waals surface area contributed by atoms with Crippen LogP contribution in [0.4, 0.5) is 4.79 Å². The molecule has 0 fully saturated rings. The van der Waals surface area contributed by atoms with Crippen LogP contribution in [0.5, 0.6) is 0 Å². The average molecular weight is 742 g/mol. The van der Waals surface area contributed by atoms with Crippen molar-refractivity contribution in [3.63, 3.8) is 0 Å². The zero-order valence-corrected chi connectivity index (χ0v) is 30.7. The fourth-order valence-electron chi connectivity index (χ4n) is 5.95. The van der Waals surface area contributed by atoms with E-state index in [0.29, 0.717) is 39.6 Å². The van der Waals surface area contributed by atoms with Crippen molar-refractivity contribution < 1.29 is 43.2 Å². The Morgan fingerprint density at radius 1 is 0.731 bits per heavy atom. The Morgan fingerprint density at radius 3 is 1.85 bits per heavy atom. The highest BCUT2D eigenvalue weighted by atomic mass is 35.5. The summed E-state index contributed by atoms with van der Waals surface area (Å²) in [5.74, 6) is -1.59. The first-order valence-corrected chi connectivity index (χ1v) is 17.5. The number of hydrogen-bond acceptors (Lipinski definition) is 10. The van der Waals surface area contributed by atoms with Gasteiger partial charge in [0.1, 0.15) is 19.3 Å². The first kappa shape index (κ1) is 42.4. The number of rotatable bonds is 22. The van der Waals surface area contributed by atoms with E-state index in [1.807, 2.05) is 80.6 Å². The smallest absolute Gasteiger partial charge is 0.407 e. The van der Waals surface area contributed by atoms with Crippen LogP contribution in [0.2, 0.25) is 0 Å². The molecule has 4 rings (SSSR count). The standard InChI is InChI=1S/C39H51N3O9.ClH/c1-27(2)24-35(38(45)50-23-22-49-21-20-48-19-18-47-17-16-40)41-37(44)36(43)34(25-28-10-4-3-5-11-28)42-39(46)51-26-33-31-14-8-6-12-29(31)30-13-7-9-15-32(30)33;/h3-15,27,33-36,43H,16-26,40H2,1-2H3,(H,41,44)(H,42,46);1H/t34-,35+,36+;/m1./s1. The highest BCUT2D eigenvalue weighted by Gasteiger charge is 2.33. The summed E-state index contributed by atoms with van der Waals surface area (Å²) >= 11 is 0. The summed E-state index contributed by atoms with van der Waals surface area (Å²) in [4.78, 5) is 39.7. The molecule has 13 heteroatoms. The van der Waals surface area contributed by atoms with E-state index >= 15 is 0 Å². The molecule has 0 saturated carbocycles. The van der Waals surface area contributed by atoms with E-state index in [1.54, 1.807) is 0 Å². The van der Waals surface area contributed by atoms with Crippen molar-refractivity contribution in [3.05, 3.63) is 95.6 Å². The second-order valence-electron chi connectivity index (χ2n) is 12.7. The zero-order valence-electron chi connectivity index (χ0n) is 29.9. The third-order valence-corrected chi connectivity index (χ3v) is 8.38. The van der Waals surface area contributed by atoms with Crippen LogP contribution in [0.15, 0.2) is 78.9 Å². The Morgan fingerprint density at radius 2 is 1.27 bits per heavy atom. The van der Waals surface area contributed by atoms with E-state index in [0.717, 1.165) is 27.8 Å². The summed E-state index contributed by atoms with van der Waals surface area (Å²) in [6.45, 7) is 6.49. The lowest BCUT2D eigenvalue weighted by Gasteiger charge is -2.26. The van der Waals surface area contributed by atoms with Crippen molar-refractivity contribution in [1.82, 2.24) is 10.6 Å². The number of fused-ring (bicyclic) bond motifs is 3. The van der Waals surface area contributed by atoms with Crippen molar-refractivity contribution in [2.24, 2.45) is 11.7 Å². The van der Waals surface area contributed by atoms with Crippen LogP contribution in [0.25, 0.3) is 11.1 Å². The molecule has 0 heterocycles. The number of halogens is 1. The van der Waals surface area contributed by atoms with Crippen molar-refractivity contribution in [2.75, 3.05) is 59.4 Å².